The molecule has 1 heterocycles. The monoisotopic (exact) mass is 218 g/mol. The average molecular weight is 219 g/mol. The smallest absolute Gasteiger partial charge is 0.186 e. The third-order valence-electron chi connectivity index (χ3n) is 2.26. The lowest BCUT2D eigenvalue weighted by molar-refractivity contribution is 0.590. The van der Waals surface area contributed by atoms with Crippen molar-refractivity contribution in [3.05, 3.63) is 10.5 Å². The highest BCUT2D eigenvalue weighted by atomic mass is 35.5. The van der Waals surface area contributed by atoms with E-state index in [4.69, 9.17) is 11.6 Å². The van der Waals surface area contributed by atoms with E-state index in [1.54, 1.807) is 11.3 Å². The number of halogens is 1. The molecule has 0 aromatic carbocycles. The van der Waals surface area contributed by atoms with Gasteiger partial charge in [0.25, 0.3) is 0 Å². The third kappa shape index (κ3) is 2.58. The van der Waals surface area contributed by atoms with Crippen LogP contribution in [0.25, 0.3) is 0 Å². The van der Waals surface area contributed by atoms with Gasteiger partial charge in [-0.15, -0.1) is 11.3 Å². The second-order valence-corrected chi connectivity index (χ2v) is 4.26. The first-order valence-corrected chi connectivity index (χ1v) is 5.78. The summed E-state index contributed by atoms with van der Waals surface area (Å²) in [5.74, 6) is 0. The molecule has 74 valence electrons. The van der Waals surface area contributed by atoms with Crippen molar-refractivity contribution >= 4 is 28.1 Å². The Bertz CT molecular complexity index is 258. The molecular formula is C9H15ClN2S. The van der Waals surface area contributed by atoms with E-state index in [1.165, 1.54) is 0 Å². The summed E-state index contributed by atoms with van der Waals surface area (Å²) in [7, 11) is 2.08. The maximum absolute atomic E-state index is 5.77. The topological polar surface area (TPSA) is 16.1 Å². The molecule has 0 saturated carbocycles. The first-order chi connectivity index (χ1) is 6.19. The Labute approximate surface area is 88.5 Å². The molecule has 0 amide bonds. The van der Waals surface area contributed by atoms with Crippen molar-refractivity contribution in [2.45, 2.75) is 32.7 Å². The van der Waals surface area contributed by atoms with Crippen LogP contribution < -0.4 is 4.90 Å². The van der Waals surface area contributed by atoms with Gasteiger partial charge < -0.3 is 4.90 Å². The van der Waals surface area contributed by atoms with Crippen molar-refractivity contribution in [1.82, 2.24) is 4.98 Å². The molecule has 0 aliphatic carbocycles. The molecule has 0 radical (unpaired) electrons. The van der Waals surface area contributed by atoms with Crippen molar-refractivity contribution in [1.29, 1.82) is 0 Å². The van der Waals surface area contributed by atoms with Gasteiger partial charge in [-0.05, 0) is 12.8 Å². The normalized spacial score (nSPS) is 10.8. The van der Waals surface area contributed by atoms with Gasteiger partial charge in [0.1, 0.15) is 5.15 Å². The molecule has 1 rings (SSSR count). The van der Waals surface area contributed by atoms with Gasteiger partial charge in [-0.2, -0.15) is 0 Å². The lowest BCUT2D eigenvalue weighted by Gasteiger charge is -2.25. The van der Waals surface area contributed by atoms with E-state index < -0.39 is 0 Å². The lowest BCUT2D eigenvalue weighted by atomic mass is 10.1. The summed E-state index contributed by atoms with van der Waals surface area (Å²) in [6, 6.07) is 0.571. The van der Waals surface area contributed by atoms with Gasteiger partial charge >= 0.3 is 0 Å². The Morgan fingerprint density at radius 3 is 2.54 bits per heavy atom. The van der Waals surface area contributed by atoms with Crippen LogP contribution in [0.3, 0.4) is 0 Å². The summed E-state index contributed by atoms with van der Waals surface area (Å²) in [4.78, 5) is 6.44. The summed E-state index contributed by atoms with van der Waals surface area (Å²) in [6.07, 6.45) is 2.29. The Hall–Kier alpha value is -0.280. The average Bonchev–Trinajstić information content (AvgIpc) is 2.54. The van der Waals surface area contributed by atoms with E-state index in [1.807, 2.05) is 5.38 Å². The number of anilines is 1. The highest BCUT2D eigenvalue weighted by molar-refractivity contribution is 7.14. The van der Waals surface area contributed by atoms with Crippen LogP contribution in [0.1, 0.15) is 26.7 Å². The molecule has 1 aromatic rings. The van der Waals surface area contributed by atoms with Crippen LogP contribution in [0.15, 0.2) is 5.38 Å². The lowest BCUT2D eigenvalue weighted by Crippen LogP contribution is -2.30. The standard InChI is InChI=1S/C9H15ClN2S/c1-4-7(5-2)12(3)9-11-8(10)6-13-9/h6-7H,4-5H2,1-3H3. The number of hydrogen-bond donors (Lipinski definition) is 0. The van der Waals surface area contributed by atoms with E-state index >= 15 is 0 Å². The minimum Gasteiger partial charge on any atom is -0.348 e. The van der Waals surface area contributed by atoms with Gasteiger partial charge in [0.15, 0.2) is 5.13 Å². The molecule has 0 aliphatic heterocycles. The minimum absolute atomic E-state index is 0.571. The molecule has 0 unspecified atom stereocenters. The van der Waals surface area contributed by atoms with Crippen LogP contribution >= 0.6 is 22.9 Å². The molecule has 13 heavy (non-hydrogen) atoms. The number of aromatic nitrogens is 1. The van der Waals surface area contributed by atoms with Gasteiger partial charge in [0.05, 0.1) is 0 Å². The fourth-order valence-electron chi connectivity index (χ4n) is 1.40. The summed E-state index contributed by atoms with van der Waals surface area (Å²) in [5.41, 5.74) is 0. The zero-order chi connectivity index (χ0) is 9.84. The van der Waals surface area contributed by atoms with Gasteiger partial charge in [-0.3, -0.25) is 0 Å². The van der Waals surface area contributed by atoms with E-state index in [0.29, 0.717) is 11.2 Å². The first-order valence-electron chi connectivity index (χ1n) is 4.52. The summed E-state index contributed by atoms with van der Waals surface area (Å²) >= 11 is 7.37. The molecule has 4 heteroatoms. The summed E-state index contributed by atoms with van der Waals surface area (Å²) < 4.78 is 0. The Morgan fingerprint density at radius 1 is 1.54 bits per heavy atom. The molecule has 0 bridgehead atoms. The molecule has 0 fully saturated rings. The first kappa shape index (κ1) is 10.8. The van der Waals surface area contributed by atoms with Crippen LogP contribution in [0.2, 0.25) is 5.15 Å². The minimum atomic E-state index is 0.571. The quantitative estimate of drug-likeness (QED) is 0.770. The SMILES string of the molecule is CCC(CC)N(C)c1nc(Cl)cs1. The van der Waals surface area contributed by atoms with Crippen molar-refractivity contribution in [3.63, 3.8) is 0 Å². The molecule has 0 aliphatic rings. The molecule has 0 spiro atoms. The van der Waals surface area contributed by atoms with Crippen LogP contribution in [0, 0.1) is 0 Å². The molecule has 1 aromatic heterocycles. The fourth-order valence-corrected chi connectivity index (χ4v) is 2.39. The van der Waals surface area contributed by atoms with E-state index in [-0.39, 0.29) is 0 Å². The summed E-state index contributed by atoms with van der Waals surface area (Å²) in [5, 5.41) is 3.48. The second-order valence-electron chi connectivity index (χ2n) is 3.03. The van der Waals surface area contributed by atoms with E-state index in [9.17, 15) is 0 Å². The highest BCUT2D eigenvalue weighted by Crippen LogP contribution is 2.25. The van der Waals surface area contributed by atoms with E-state index in [2.05, 4.69) is 30.8 Å². The molecule has 0 N–H and O–H groups in total. The molecule has 2 nitrogen and oxygen atoms in total. The van der Waals surface area contributed by atoms with Crippen molar-refractivity contribution in [2.75, 3.05) is 11.9 Å². The molecule has 0 atom stereocenters. The zero-order valence-corrected chi connectivity index (χ0v) is 9.82. The van der Waals surface area contributed by atoms with Gasteiger partial charge in [-0.25, -0.2) is 4.98 Å². The van der Waals surface area contributed by atoms with Crippen LogP contribution in [0.4, 0.5) is 5.13 Å². The van der Waals surface area contributed by atoms with Crippen LogP contribution in [0.5, 0.6) is 0 Å². The Balaban J connectivity index is 2.71. The van der Waals surface area contributed by atoms with Crippen LogP contribution in [-0.4, -0.2) is 18.1 Å². The van der Waals surface area contributed by atoms with Crippen molar-refractivity contribution in [3.8, 4) is 0 Å². The Kier molecular flexibility index (Phi) is 4.00. The van der Waals surface area contributed by atoms with Gasteiger partial charge in [-0.1, -0.05) is 25.4 Å². The zero-order valence-electron chi connectivity index (χ0n) is 8.25. The second kappa shape index (κ2) is 4.82. The predicted octanol–water partition coefficient (Wildman–Crippen LogP) is 3.42. The molecule has 0 saturated heterocycles. The number of nitrogens with zero attached hydrogens (tertiary/aromatic N) is 2. The van der Waals surface area contributed by atoms with Gasteiger partial charge in [0, 0.05) is 18.5 Å². The maximum Gasteiger partial charge on any atom is 0.186 e. The third-order valence-corrected chi connectivity index (χ3v) is 3.51. The van der Waals surface area contributed by atoms with Gasteiger partial charge in [0.2, 0.25) is 0 Å². The number of thiazole rings is 1. The number of hydrogen-bond acceptors (Lipinski definition) is 3. The maximum atomic E-state index is 5.77. The summed E-state index contributed by atoms with van der Waals surface area (Å²) in [6.45, 7) is 4.39. The largest absolute Gasteiger partial charge is 0.348 e. The Morgan fingerprint density at radius 2 is 2.15 bits per heavy atom. The van der Waals surface area contributed by atoms with Crippen LogP contribution in [-0.2, 0) is 0 Å². The molecular weight excluding hydrogens is 204 g/mol. The fraction of sp³-hybridized carbons (Fsp3) is 0.667. The predicted molar refractivity (Wildman–Crippen MR) is 59.9 cm³/mol. The van der Waals surface area contributed by atoms with E-state index in [0.717, 1.165) is 18.0 Å². The highest BCUT2D eigenvalue weighted by Gasteiger charge is 2.13. The van der Waals surface area contributed by atoms with Crippen molar-refractivity contribution < 1.29 is 0 Å². The van der Waals surface area contributed by atoms with Crippen molar-refractivity contribution in [2.24, 2.45) is 0 Å². The number of rotatable bonds is 4.